The van der Waals surface area contributed by atoms with E-state index < -0.39 is 36.1 Å². The first-order valence-electron chi connectivity index (χ1n) is 8.92. The first-order valence-corrected chi connectivity index (χ1v) is 8.92. The van der Waals surface area contributed by atoms with Crippen LogP contribution in [0, 0.1) is 17.8 Å². The van der Waals surface area contributed by atoms with Crippen molar-refractivity contribution in [3.63, 3.8) is 0 Å². The molecule has 27 heavy (non-hydrogen) atoms. The normalized spacial score (nSPS) is 25.0. The maximum atomic E-state index is 12.9. The first kappa shape index (κ1) is 19.4. The van der Waals surface area contributed by atoms with Gasteiger partial charge in [0.05, 0.1) is 17.2 Å². The highest BCUT2D eigenvalue weighted by Gasteiger charge is 2.42. The number of carbonyl (C=O) groups is 3. The number of esters is 1. The Morgan fingerprint density at radius 1 is 1.11 bits per heavy atom. The number of Topliss-reactive ketones (excluding diaryl/α,β-unsaturated/α-hetero) is 1. The van der Waals surface area contributed by atoms with Gasteiger partial charge in [0.15, 0.2) is 6.61 Å². The molecule has 2 fully saturated rings. The Morgan fingerprint density at radius 3 is 2.37 bits per heavy atom. The molecule has 2 bridgehead atoms. The molecule has 0 heterocycles. The molecule has 146 valence electrons. The SMILES string of the molecule is O=C(COC(=O)C1C[C@H]2CCC[C@@H](C1)C2=O)Nc1ccccc1C(F)(F)F. The first-order chi connectivity index (χ1) is 12.8. The molecule has 2 aliphatic rings. The van der Waals surface area contributed by atoms with E-state index in [1.165, 1.54) is 12.1 Å². The largest absolute Gasteiger partial charge is 0.455 e. The fraction of sp³-hybridized carbons (Fsp3) is 0.526. The zero-order valence-electron chi connectivity index (χ0n) is 14.6. The molecule has 0 aliphatic heterocycles. The van der Waals surface area contributed by atoms with Gasteiger partial charge in [-0.2, -0.15) is 13.2 Å². The van der Waals surface area contributed by atoms with Crippen molar-refractivity contribution in [3.8, 4) is 0 Å². The predicted molar refractivity (Wildman–Crippen MR) is 89.6 cm³/mol. The van der Waals surface area contributed by atoms with Crippen LogP contribution >= 0.6 is 0 Å². The molecule has 0 radical (unpaired) electrons. The van der Waals surface area contributed by atoms with E-state index in [1.807, 2.05) is 0 Å². The summed E-state index contributed by atoms with van der Waals surface area (Å²) in [7, 11) is 0. The summed E-state index contributed by atoms with van der Waals surface area (Å²) >= 11 is 0. The number of nitrogens with one attached hydrogen (secondary N) is 1. The third kappa shape index (κ3) is 4.48. The van der Waals surface area contributed by atoms with Crippen LogP contribution in [0.15, 0.2) is 24.3 Å². The topological polar surface area (TPSA) is 72.5 Å². The maximum absolute atomic E-state index is 12.9. The molecule has 2 saturated carbocycles. The van der Waals surface area contributed by atoms with Crippen molar-refractivity contribution >= 4 is 23.3 Å². The summed E-state index contributed by atoms with van der Waals surface area (Å²) in [6, 6.07) is 4.59. The van der Waals surface area contributed by atoms with Gasteiger partial charge in [-0.3, -0.25) is 14.4 Å². The van der Waals surface area contributed by atoms with Crippen molar-refractivity contribution < 1.29 is 32.3 Å². The number of halogens is 3. The highest BCUT2D eigenvalue weighted by molar-refractivity contribution is 5.94. The van der Waals surface area contributed by atoms with Gasteiger partial charge in [-0.1, -0.05) is 18.6 Å². The van der Waals surface area contributed by atoms with Gasteiger partial charge in [-0.25, -0.2) is 0 Å². The molecule has 1 aromatic rings. The van der Waals surface area contributed by atoms with Crippen LogP contribution in [0.2, 0.25) is 0 Å². The van der Waals surface area contributed by atoms with E-state index in [2.05, 4.69) is 5.32 Å². The van der Waals surface area contributed by atoms with E-state index in [4.69, 9.17) is 4.74 Å². The van der Waals surface area contributed by atoms with Gasteiger partial charge >= 0.3 is 12.1 Å². The van der Waals surface area contributed by atoms with Gasteiger partial charge < -0.3 is 10.1 Å². The minimum Gasteiger partial charge on any atom is -0.455 e. The maximum Gasteiger partial charge on any atom is 0.418 e. The molecule has 1 N–H and O–H groups in total. The molecule has 0 aromatic heterocycles. The fourth-order valence-corrected chi connectivity index (χ4v) is 3.95. The lowest BCUT2D eigenvalue weighted by atomic mass is 9.67. The highest BCUT2D eigenvalue weighted by Crippen LogP contribution is 2.40. The number of hydrogen-bond donors (Lipinski definition) is 1. The van der Waals surface area contributed by atoms with E-state index in [0.29, 0.717) is 12.8 Å². The molecule has 8 heteroatoms. The van der Waals surface area contributed by atoms with Crippen LogP contribution in [0.4, 0.5) is 18.9 Å². The van der Waals surface area contributed by atoms with E-state index in [-0.39, 0.29) is 23.3 Å². The van der Waals surface area contributed by atoms with E-state index in [9.17, 15) is 27.6 Å². The second kappa shape index (κ2) is 7.70. The Kier molecular flexibility index (Phi) is 5.53. The number of amides is 1. The molecule has 5 nitrogen and oxygen atoms in total. The third-order valence-electron chi connectivity index (χ3n) is 5.23. The molecule has 0 spiro atoms. The van der Waals surface area contributed by atoms with Crippen LogP contribution in [0.5, 0.6) is 0 Å². The van der Waals surface area contributed by atoms with Crippen molar-refractivity contribution in [1.29, 1.82) is 0 Å². The number of anilines is 1. The van der Waals surface area contributed by atoms with Crippen LogP contribution in [0.3, 0.4) is 0 Å². The minimum absolute atomic E-state index is 0.123. The number of carbonyl (C=O) groups excluding carboxylic acids is 3. The summed E-state index contributed by atoms with van der Waals surface area (Å²) < 4.78 is 43.8. The standard InChI is InChI=1S/C19H20F3NO4/c20-19(21,22)14-6-1-2-7-15(14)23-16(24)10-27-18(26)13-8-11-4-3-5-12(9-13)17(11)25/h1-2,6-7,11-13H,3-5,8-10H2,(H,23,24)/t11-,12+,13?. The van der Waals surface area contributed by atoms with Gasteiger partial charge in [-0.15, -0.1) is 0 Å². The number of hydrogen-bond acceptors (Lipinski definition) is 4. The lowest BCUT2D eigenvalue weighted by Gasteiger charge is -2.36. The Balaban J connectivity index is 1.54. The minimum atomic E-state index is -4.60. The number of alkyl halides is 3. The molecule has 1 aromatic carbocycles. The second-order valence-electron chi connectivity index (χ2n) is 7.09. The summed E-state index contributed by atoms with van der Waals surface area (Å²) in [5.41, 5.74) is -1.35. The van der Waals surface area contributed by atoms with Crippen molar-refractivity contribution in [3.05, 3.63) is 29.8 Å². The van der Waals surface area contributed by atoms with Crippen LogP contribution in [0.1, 0.15) is 37.7 Å². The van der Waals surface area contributed by atoms with E-state index >= 15 is 0 Å². The number of ether oxygens (including phenoxy) is 1. The highest BCUT2D eigenvalue weighted by atomic mass is 19.4. The molecule has 0 saturated heterocycles. The molecular formula is C19H20F3NO4. The zero-order chi connectivity index (χ0) is 19.6. The summed E-state index contributed by atoms with van der Waals surface area (Å²) in [5, 5.41) is 2.13. The summed E-state index contributed by atoms with van der Waals surface area (Å²) in [6.45, 7) is -0.662. The van der Waals surface area contributed by atoms with Crippen molar-refractivity contribution in [2.45, 2.75) is 38.3 Å². The molecular weight excluding hydrogens is 363 g/mol. The Bertz CT molecular complexity index is 731. The van der Waals surface area contributed by atoms with E-state index in [1.54, 1.807) is 0 Å². The van der Waals surface area contributed by atoms with Gasteiger partial charge in [-0.05, 0) is 37.8 Å². The number of rotatable bonds is 4. The van der Waals surface area contributed by atoms with Gasteiger partial charge in [0.2, 0.25) is 0 Å². The monoisotopic (exact) mass is 383 g/mol. The quantitative estimate of drug-likeness (QED) is 0.807. The fourth-order valence-electron chi connectivity index (χ4n) is 3.95. The average molecular weight is 383 g/mol. The number of benzene rings is 1. The smallest absolute Gasteiger partial charge is 0.418 e. The van der Waals surface area contributed by atoms with Crippen LogP contribution < -0.4 is 5.32 Å². The lowest BCUT2D eigenvalue weighted by Crippen LogP contribution is -2.40. The Morgan fingerprint density at radius 2 is 1.74 bits per heavy atom. The van der Waals surface area contributed by atoms with Crippen LogP contribution in [-0.4, -0.2) is 24.3 Å². The molecule has 3 rings (SSSR count). The number of fused-ring (bicyclic) bond motifs is 2. The van der Waals surface area contributed by atoms with Crippen molar-refractivity contribution in [2.75, 3.05) is 11.9 Å². The van der Waals surface area contributed by atoms with Gasteiger partial charge in [0, 0.05) is 11.8 Å². The summed E-state index contributed by atoms with van der Waals surface area (Å²) in [4.78, 5) is 36.2. The van der Waals surface area contributed by atoms with E-state index in [0.717, 1.165) is 31.4 Å². The van der Waals surface area contributed by atoms with Gasteiger partial charge in [0.25, 0.3) is 5.91 Å². The second-order valence-corrected chi connectivity index (χ2v) is 7.09. The number of ketones is 1. The van der Waals surface area contributed by atoms with Gasteiger partial charge in [0.1, 0.15) is 5.78 Å². The zero-order valence-corrected chi connectivity index (χ0v) is 14.6. The third-order valence-corrected chi connectivity index (χ3v) is 5.23. The molecule has 2 aliphatic carbocycles. The Hall–Kier alpha value is -2.38. The number of para-hydroxylation sites is 1. The molecule has 1 unspecified atom stereocenters. The molecule has 3 atom stereocenters. The predicted octanol–water partition coefficient (Wildman–Crippen LogP) is 3.58. The van der Waals surface area contributed by atoms with Crippen LogP contribution in [0.25, 0.3) is 0 Å². The summed E-state index contributed by atoms with van der Waals surface area (Å²) in [5.74, 6) is -1.88. The average Bonchev–Trinajstić information content (AvgIpc) is 2.59. The Labute approximate surface area is 154 Å². The van der Waals surface area contributed by atoms with Crippen molar-refractivity contribution in [2.24, 2.45) is 17.8 Å². The van der Waals surface area contributed by atoms with Crippen LogP contribution in [-0.2, 0) is 25.3 Å². The van der Waals surface area contributed by atoms with Crippen molar-refractivity contribution in [1.82, 2.24) is 0 Å². The molecule has 1 amide bonds. The summed E-state index contributed by atoms with van der Waals surface area (Å²) in [6.07, 6.45) is -1.24. The lowest BCUT2D eigenvalue weighted by molar-refractivity contribution is -0.156.